The quantitative estimate of drug-likeness (QED) is 0.730. The first kappa shape index (κ1) is 12.7. The zero-order chi connectivity index (χ0) is 12.0. The molecule has 0 aliphatic rings. The highest BCUT2D eigenvalue weighted by atomic mass is 16.5. The van der Waals surface area contributed by atoms with E-state index in [1.165, 1.54) is 0 Å². The highest BCUT2D eigenvalue weighted by Gasteiger charge is 2.19. The van der Waals surface area contributed by atoms with Crippen LogP contribution in [-0.4, -0.2) is 23.7 Å². The lowest BCUT2D eigenvalue weighted by Gasteiger charge is -2.13. The maximum absolute atomic E-state index is 11.4. The molecule has 0 aliphatic heterocycles. The lowest BCUT2D eigenvalue weighted by atomic mass is 10.1. The Kier molecular flexibility index (Phi) is 4.95. The Hall–Kier alpha value is -1.39. The number of hydrogen-bond acceptors (Lipinski definition) is 4. The minimum Gasteiger partial charge on any atom is -0.462 e. The van der Waals surface area contributed by atoms with Crippen molar-refractivity contribution in [1.29, 1.82) is 0 Å². The van der Waals surface area contributed by atoms with E-state index in [-0.39, 0.29) is 12.6 Å². The molecule has 2 unspecified atom stereocenters. The fraction of sp³-hybridized carbons (Fsp3) is 0.417. The molecule has 4 heteroatoms. The first-order chi connectivity index (χ1) is 7.65. The van der Waals surface area contributed by atoms with Crippen molar-refractivity contribution in [2.75, 3.05) is 6.61 Å². The van der Waals surface area contributed by atoms with Crippen molar-refractivity contribution in [2.24, 2.45) is 5.73 Å². The van der Waals surface area contributed by atoms with Gasteiger partial charge in [-0.05, 0) is 12.0 Å². The number of ether oxygens (including phenoxy) is 1. The molecular formula is C12H17NO3. The molecular weight excluding hydrogens is 206 g/mol. The summed E-state index contributed by atoms with van der Waals surface area (Å²) in [5.74, 6) is -0.657. The van der Waals surface area contributed by atoms with Crippen LogP contribution in [0.15, 0.2) is 30.3 Å². The van der Waals surface area contributed by atoms with E-state index in [0.29, 0.717) is 5.56 Å². The summed E-state index contributed by atoms with van der Waals surface area (Å²) < 4.78 is 4.90. The second-order valence-electron chi connectivity index (χ2n) is 3.61. The third kappa shape index (κ3) is 3.64. The van der Waals surface area contributed by atoms with Crippen LogP contribution in [0.4, 0.5) is 0 Å². The number of aliphatic hydroxyl groups excluding tert-OH is 1. The minimum atomic E-state index is -1.23. The molecule has 0 radical (unpaired) electrons. The summed E-state index contributed by atoms with van der Waals surface area (Å²) in [4.78, 5) is 11.4. The molecule has 0 heterocycles. The van der Waals surface area contributed by atoms with Crippen molar-refractivity contribution >= 4 is 5.97 Å². The number of aliphatic hydroxyl groups is 1. The molecule has 0 aliphatic carbocycles. The topological polar surface area (TPSA) is 72.5 Å². The summed E-state index contributed by atoms with van der Waals surface area (Å²) in [5, 5.41) is 9.66. The van der Waals surface area contributed by atoms with E-state index in [1.54, 1.807) is 24.3 Å². The van der Waals surface area contributed by atoms with E-state index in [1.807, 2.05) is 13.0 Å². The van der Waals surface area contributed by atoms with Gasteiger partial charge in [-0.1, -0.05) is 37.3 Å². The summed E-state index contributed by atoms with van der Waals surface area (Å²) in [6.45, 7) is 2.05. The molecule has 1 rings (SSSR count). The predicted molar refractivity (Wildman–Crippen MR) is 60.6 cm³/mol. The Morgan fingerprint density at radius 3 is 2.62 bits per heavy atom. The largest absolute Gasteiger partial charge is 0.462 e. The Labute approximate surface area is 95.0 Å². The van der Waals surface area contributed by atoms with Gasteiger partial charge in [0.2, 0.25) is 0 Å². The SMILES string of the molecule is CCC(N)COC(=O)C(O)c1ccccc1. The molecule has 1 aromatic carbocycles. The minimum absolute atomic E-state index is 0.138. The van der Waals surface area contributed by atoms with Gasteiger partial charge in [0.05, 0.1) is 0 Å². The van der Waals surface area contributed by atoms with Crippen molar-refractivity contribution in [2.45, 2.75) is 25.5 Å². The van der Waals surface area contributed by atoms with Gasteiger partial charge in [-0.2, -0.15) is 0 Å². The number of rotatable bonds is 5. The van der Waals surface area contributed by atoms with Crippen LogP contribution in [-0.2, 0) is 9.53 Å². The number of benzene rings is 1. The summed E-state index contributed by atoms with van der Waals surface area (Å²) in [6, 6.07) is 8.49. The zero-order valence-electron chi connectivity index (χ0n) is 9.30. The number of nitrogens with two attached hydrogens (primary N) is 1. The van der Waals surface area contributed by atoms with Crippen LogP contribution in [0.2, 0.25) is 0 Å². The van der Waals surface area contributed by atoms with Crippen molar-refractivity contribution in [3.8, 4) is 0 Å². The average molecular weight is 223 g/mol. The lowest BCUT2D eigenvalue weighted by Crippen LogP contribution is -2.28. The Bertz CT molecular complexity index is 326. The van der Waals surface area contributed by atoms with Crippen molar-refractivity contribution in [3.63, 3.8) is 0 Å². The van der Waals surface area contributed by atoms with E-state index >= 15 is 0 Å². The molecule has 0 fully saturated rings. The van der Waals surface area contributed by atoms with Crippen LogP contribution in [0.3, 0.4) is 0 Å². The molecule has 88 valence electrons. The molecule has 0 spiro atoms. The Morgan fingerprint density at radius 1 is 1.44 bits per heavy atom. The van der Waals surface area contributed by atoms with E-state index in [2.05, 4.69) is 0 Å². The first-order valence-corrected chi connectivity index (χ1v) is 5.30. The highest BCUT2D eigenvalue weighted by molar-refractivity contribution is 5.76. The number of carbonyl (C=O) groups excluding carboxylic acids is 1. The summed E-state index contributed by atoms with van der Waals surface area (Å²) >= 11 is 0. The number of esters is 1. The van der Waals surface area contributed by atoms with Gasteiger partial charge < -0.3 is 15.6 Å². The van der Waals surface area contributed by atoms with Crippen molar-refractivity contribution in [1.82, 2.24) is 0 Å². The fourth-order valence-corrected chi connectivity index (χ4v) is 1.16. The van der Waals surface area contributed by atoms with Crippen LogP contribution in [0.5, 0.6) is 0 Å². The first-order valence-electron chi connectivity index (χ1n) is 5.30. The third-order valence-electron chi connectivity index (χ3n) is 2.30. The van der Waals surface area contributed by atoms with E-state index in [4.69, 9.17) is 10.5 Å². The molecule has 16 heavy (non-hydrogen) atoms. The van der Waals surface area contributed by atoms with Gasteiger partial charge in [0.25, 0.3) is 0 Å². The molecule has 1 aromatic rings. The highest BCUT2D eigenvalue weighted by Crippen LogP contribution is 2.13. The van der Waals surface area contributed by atoms with Gasteiger partial charge >= 0.3 is 5.97 Å². The fourth-order valence-electron chi connectivity index (χ4n) is 1.16. The molecule has 0 bridgehead atoms. The van der Waals surface area contributed by atoms with Crippen molar-refractivity contribution < 1.29 is 14.6 Å². The van der Waals surface area contributed by atoms with Gasteiger partial charge in [0.1, 0.15) is 6.61 Å². The second kappa shape index (κ2) is 6.25. The molecule has 0 saturated carbocycles. The van der Waals surface area contributed by atoms with Crippen LogP contribution >= 0.6 is 0 Å². The van der Waals surface area contributed by atoms with Crippen molar-refractivity contribution in [3.05, 3.63) is 35.9 Å². The summed E-state index contributed by atoms with van der Waals surface area (Å²) in [5.41, 5.74) is 6.13. The predicted octanol–water partition coefficient (Wildman–Crippen LogP) is 1.00. The van der Waals surface area contributed by atoms with E-state index in [9.17, 15) is 9.90 Å². The molecule has 2 atom stereocenters. The maximum atomic E-state index is 11.4. The van der Waals surface area contributed by atoms with Gasteiger partial charge in [-0.3, -0.25) is 0 Å². The Morgan fingerprint density at radius 2 is 2.06 bits per heavy atom. The monoisotopic (exact) mass is 223 g/mol. The lowest BCUT2D eigenvalue weighted by molar-refractivity contribution is -0.154. The zero-order valence-corrected chi connectivity index (χ0v) is 9.30. The number of hydrogen-bond donors (Lipinski definition) is 2. The van der Waals surface area contributed by atoms with Gasteiger partial charge in [0.15, 0.2) is 6.10 Å². The number of carbonyl (C=O) groups is 1. The molecule has 0 aromatic heterocycles. The Balaban J connectivity index is 2.49. The maximum Gasteiger partial charge on any atom is 0.339 e. The molecule has 3 N–H and O–H groups in total. The second-order valence-corrected chi connectivity index (χ2v) is 3.61. The van der Waals surface area contributed by atoms with Crippen LogP contribution in [0, 0.1) is 0 Å². The summed E-state index contributed by atoms with van der Waals surface area (Å²) in [6.07, 6.45) is -0.500. The molecule has 0 saturated heterocycles. The summed E-state index contributed by atoms with van der Waals surface area (Å²) in [7, 11) is 0. The molecule has 4 nitrogen and oxygen atoms in total. The van der Waals surface area contributed by atoms with Crippen LogP contribution in [0.25, 0.3) is 0 Å². The average Bonchev–Trinajstić information content (AvgIpc) is 2.35. The molecule has 0 amide bonds. The smallest absolute Gasteiger partial charge is 0.339 e. The standard InChI is InChI=1S/C12H17NO3/c1-2-10(13)8-16-12(15)11(14)9-6-4-3-5-7-9/h3-7,10-11,14H,2,8,13H2,1H3. The third-order valence-corrected chi connectivity index (χ3v) is 2.30. The van der Waals surface area contributed by atoms with Gasteiger partial charge in [-0.25, -0.2) is 4.79 Å². The van der Waals surface area contributed by atoms with E-state index < -0.39 is 12.1 Å². The van der Waals surface area contributed by atoms with Gasteiger partial charge in [0, 0.05) is 6.04 Å². The van der Waals surface area contributed by atoms with Gasteiger partial charge in [-0.15, -0.1) is 0 Å². The van der Waals surface area contributed by atoms with Crippen LogP contribution < -0.4 is 5.73 Å². The van der Waals surface area contributed by atoms with E-state index in [0.717, 1.165) is 6.42 Å². The normalized spacial score (nSPS) is 14.2. The van der Waals surface area contributed by atoms with Crippen LogP contribution in [0.1, 0.15) is 25.0 Å².